The smallest absolute Gasteiger partial charge is 0.876 e. The fourth-order valence-corrected chi connectivity index (χ4v) is 0.859. The molecule has 0 aromatic heterocycles. The van der Waals surface area contributed by atoms with Gasteiger partial charge in [0.05, 0.1) is 0 Å². The van der Waals surface area contributed by atoms with Crippen LogP contribution in [0.25, 0.3) is 0 Å². The van der Waals surface area contributed by atoms with Crippen LogP contribution in [0.5, 0.6) is 0 Å². The molecule has 0 aromatic rings. The Hall–Kier alpha value is -1.84. The van der Waals surface area contributed by atoms with Crippen molar-refractivity contribution in [3.8, 4) is 0 Å². The van der Waals surface area contributed by atoms with Crippen molar-refractivity contribution < 1.29 is 47.1 Å². The zero-order chi connectivity index (χ0) is 17.6. The van der Waals surface area contributed by atoms with Gasteiger partial charge in [0.15, 0.2) is 17.3 Å². The maximum absolute atomic E-state index is 9.98. The minimum atomic E-state index is -0.187. The fraction of sp³-hybridized carbons (Fsp3) is 0.400. The number of hydrogen-bond donors (Lipinski definition) is 0. The quantitative estimate of drug-likeness (QED) is 0.501. The number of carbonyl (C=O) groups excluding carboxylic acids is 3. The molecule has 0 saturated carbocycles. The van der Waals surface area contributed by atoms with Crippen LogP contribution in [0.4, 0.5) is 0 Å². The summed E-state index contributed by atoms with van der Waals surface area (Å²) in [6.45, 7) is 8.09. The standard InChI is InChI=1S/3C5H8O2.Cr/c3*1-4(6)3-5(2)7;/h3*3,6H,1-2H3;/q;;;+3/p-3/b3*4-3-;. The zero-order valence-electron chi connectivity index (χ0n) is 13.6. The second-order valence-corrected chi connectivity index (χ2v) is 4.10. The van der Waals surface area contributed by atoms with Crippen LogP contribution in [0.15, 0.2) is 35.5 Å². The third-order valence-corrected chi connectivity index (χ3v) is 1.22. The van der Waals surface area contributed by atoms with E-state index in [0.717, 1.165) is 18.2 Å². The van der Waals surface area contributed by atoms with Gasteiger partial charge in [-0.05, 0) is 39.0 Å². The monoisotopic (exact) mass is 349 g/mol. The maximum atomic E-state index is 9.98. The fourth-order valence-electron chi connectivity index (χ4n) is 0.859. The van der Waals surface area contributed by atoms with E-state index >= 15 is 0 Å². The van der Waals surface area contributed by atoms with Crippen molar-refractivity contribution in [2.45, 2.75) is 41.5 Å². The predicted molar refractivity (Wildman–Crippen MR) is 73.3 cm³/mol. The number of allylic oxidation sites excluding steroid dienone is 6. The summed E-state index contributed by atoms with van der Waals surface area (Å²) >= 11 is 0. The first-order valence-corrected chi connectivity index (χ1v) is 5.96. The summed E-state index contributed by atoms with van der Waals surface area (Å²) in [5.74, 6) is -1.12. The molecule has 123 valence electrons. The molecule has 0 atom stereocenters. The zero-order valence-corrected chi connectivity index (χ0v) is 14.9. The van der Waals surface area contributed by atoms with Gasteiger partial charge in [0.1, 0.15) is 0 Å². The molecule has 7 heteroatoms. The van der Waals surface area contributed by atoms with Gasteiger partial charge >= 0.3 is 17.4 Å². The van der Waals surface area contributed by atoms with Gasteiger partial charge in [0.2, 0.25) is 0 Å². The van der Waals surface area contributed by atoms with Crippen molar-refractivity contribution >= 4 is 17.3 Å². The van der Waals surface area contributed by atoms with Gasteiger partial charge in [-0.3, -0.25) is 14.4 Å². The van der Waals surface area contributed by atoms with Crippen molar-refractivity contribution in [1.82, 2.24) is 0 Å². The molecule has 0 fully saturated rings. The summed E-state index contributed by atoms with van der Waals surface area (Å²) in [6.07, 6.45) is 3.17. The molecule has 0 heterocycles. The van der Waals surface area contributed by atoms with Gasteiger partial charge < -0.3 is 15.3 Å². The first kappa shape index (κ1) is 28.3. The summed E-state index contributed by atoms with van der Waals surface area (Å²) in [6, 6.07) is 0. The average Bonchev–Trinajstić information content (AvgIpc) is 2.10. The van der Waals surface area contributed by atoms with Crippen LogP contribution in [-0.4, -0.2) is 17.3 Å². The number of ketones is 3. The number of hydrogen-bond acceptors (Lipinski definition) is 6. The maximum Gasteiger partial charge on any atom is 3.00 e. The Bertz CT molecular complexity index is 368. The van der Waals surface area contributed by atoms with Crippen LogP contribution in [-0.2, 0) is 31.7 Å². The van der Waals surface area contributed by atoms with Crippen LogP contribution in [0, 0.1) is 0 Å². The van der Waals surface area contributed by atoms with Gasteiger partial charge in [-0.1, -0.05) is 20.8 Å². The SMILES string of the molecule is CC(=O)/C=C(/C)[O-].CC(=O)/C=C(/C)[O-].CC(=O)/C=C(/C)[O-].[Cr+3]. The van der Waals surface area contributed by atoms with E-state index < -0.39 is 0 Å². The molecule has 0 saturated heterocycles. The largest absolute Gasteiger partial charge is 3.00 e. The summed E-state index contributed by atoms with van der Waals surface area (Å²) in [4.78, 5) is 29.9. The van der Waals surface area contributed by atoms with Crippen molar-refractivity contribution in [2.24, 2.45) is 0 Å². The molecule has 6 nitrogen and oxygen atoms in total. The molecular weight excluding hydrogens is 328 g/mol. The Morgan fingerprint density at radius 2 is 0.682 bits per heavy atom. The molecule has 0 bridgehead atoms. The first-order chi connectivity index (χ1) is 9.38. The summed E-state index contributed by atoms with van der Waals surface area (Å²) in [5.41, 5.74) is 0. The minimum Gasteiger partial charge on any atom is -0.876 e. The van der Waals surface area contributed by atoms with E-state index in [1.807, 2.05) is 0 Å². The summed E-state index contributed by atoms with van der Waals surface area (Å²) < 4.78 is 0. The molecule has 0 aliphatic rings. The van der Waals surface area contributed by atoms with Gasteiger partial charge in [0.25, 0.3) is 0 Å². The molecular formula is C15H21CrO6. The van der Waals surface area contributed by atoms with Crippen LogP contribution in [0.2, 0.25) is 0 Å². The molecule has 0 aliphatic heterocycles. The van der Waals surface area contributed by atoms with E-state index in [1.165, 1.54) is 41.5 Å². The van der Waals surface area contributed by atoms with Crippen LogP contribution in [0.3, 0.4) is 0 Å². The molecule has 0 amide bonds. The van der Waals surface area contributed by atoms with Crippen molar-refractivity contribution in [1.29, 1.82) is 0 Å². The molecule has 1 radical (unpaired) electrons. The van der Waals surface area contributed by atoms with Gasteiger partial charge in [0, 0.05) is 0 Å². The summed E-state index contributed by atoms with van der Waals surface area (Å²) in [5, 5.41) is 29.9. The van der Waals surface area contributed by atoms with E-state index in [2.05, 4.69) is 0 Å². The normalized spacial score (nSPS) is 10.9. The van der Waals surface area contributed by atoms with Crippen LogP contribution < -0.4 is 15.3 Å². The van der Waals surface area contributed by atoms with E-state index in [-0.39, 0.29) is 52.0 Å². The second-order valence-electron chi connectivity index (χ2n) is 4.10. The predicted octanol–water partition coefficient (Wildman–Crippen LogP) is -0.484. The van der Waals surface area contributed by atoms with E-state index in [9.17, 15) is 29.7 Å². The van der Waals surface area contributed by atoms with Gasteiger partial charge in [-0.2, -0.15) is 0 Å². The Morgan fingerprint density at radius 3 is 0.682 bits per heavy atom. The third-order valence-electron chi connectivity index (χ3n) is 1.22. The van der Waals surface area contributed by atoms with E-state index in [1.54, 1.807) is 0 Å². The molecule has 0 N–H and O–H groups in total. The molecule has 0 rings (SSSR count). The Morgan fingerprint density at radius 1 is 0.545 bits per heavy atom. The molecule has 22 heavy (non-hydrogen) atoms. The number of carbonyl (C=O) groups is 3. The van der Waals surface area contributed by atoms with Crippen molar-refractivity contribution in [2.75, 3.05) is 0 Å². The topological polar surface area (TPSA) is 120 Å². The Balaban J connectivity index is -0.000000108. The van der Waals surface area contributed by atoms with Gasteiger partial charge in [-0.25, -0.2) is 0 Å². The molecule has 0 unspecified atom stereocenters. The molecule has 0 spiro atoms. The van der Waals surface area contributed by atoms with E-state index in [4.69, 9.17) is 0 Å². The molecule has 0 aromatic carbocycles. The third kappa shape index (κ3) is 51.8. The summed E-state index contributed by atoms with van der Waals surface area (Å²) in [7, 11) is 0. The Kier molecular flexibility index (Phi) is 22.2. The average molecular weight is 349 g/mol. The van der Waals surface area contributed by atoms with Crippen molar-refractivity contribution in [3.63, 3.8) is 0 Å². The minimum absolute atomic E-state index is 0. The van der Waals surface area contributed by atoms with Crippen LogP contribution >= 0.6 is 0 Å². The van der Waals surface area contributed by atoms with E-state index in [0.29, 0.717) is 0 Å². The van der Waals surface area contributed by atoms with Gasteiger partial charge in [-0.15, -0.1) is 17.3 Å². The number of rotatable bonds is 3. The molecule has 0 aliphatic carbocycles. The van der Waals surface area contributed by atoms with Crippen LogP contribution in [0.1, 0.15) is 41.5 Å². The second kappa shape index (κ2) is 17.2. The Labute approximate surface area is 142 Å². The van der Waals surface area contributed by atoms with Crippen molar-refractivity contribution in [3.05, 3.63) is 35.5 Å². The first-order valence-electron chi connectivity index (χ1n) is 5.96.